The largest absolute Gasteiger partial charge is 0.312 e. The molecule has 2 aliphatic heterocycles. The average molecular weight is 148 g/mol. The van der Waals surface area contributed by atoms with E-state index in [-0.39, 0.29) is 12.1 Å². The Bertz CT molecular complexity index is 138. The lowest BCUT2D eigenvalue weighted by atomic mass is 10.2. The van der Waals surface area contributed by atoms with Crippen molar-refractivity contribution in [3.63, 3.8) is 0 Å². The highest BCUT2D eigenvalue weighted by Crippen LogP contribution is 2.12. The number of rotatable bonds is 0. The van der Waals surface area contributed by atoms with Crippen LogP contribution in [0.3, 0.4) is 0 Å². The second-order valence-corrected chi connectivity index (χ2v) is 3.15. The Labute approximate surface area is 55.8 Å². The lowest BCUT2D eigenvalue weighted by Gasteiger charge is -1.99. The molecule has 0 aromatic rings. The van der Waals surface area contributed by atoms with E-state index in [0.29, 0.717) is 0 Å². The summed E-state index contributed by atoms with van der Waals surface area (Å²) in [7, 11) is 0. The van der Waals surface area contributed by atoms with Gasteiger partial charge in [0.25, 0.3) is 0 Å². The lowest BCUT2D eigenvalue weighted by Crippen LogP contribution is -2.29. The van der Waals surface area contributed by atoms with E-state index >= 15 is 0 Å². The molecule has 0 bridgehead atoms. The molecule has 4 nitrogen and oxygen atoms in total. The van der Waals surface area contributed by atoms with Crippen LogP contribution in [0.25, 0.3) is 0 Å². The Morgan fingerprint density at radius 3 is 3.22 bits per heavy atom. The van der Waals surface area contributed by atoms with Crippen LogP contribution in [0.15, 0.2) is 0 Å². The minimum absolute atomic E-state index is 0.130. The molecule has 0 saturated carbocycles. The van der Waals surface area contributed by atoms with E-state index in [9.17, 15) is 4.21 Å². The predicted molar refractivity (Wildman–Crippen MR) is 32.8 cm³/mol. The first-order chi connectivity index (χ1) is 4.36. The predicted octanol–water partition coefficient (Wildman–Crippen LogP) is -1.47. The zero-order valence-corrected chi connectivity index (χ0v) is 5.61. The fourth-order valence-electron chi connectivity index (χ4n) is 1.14. The Morgan fingerprint density at radius 2 is 2.44 bits per heavy atom. The van der Waals surface area contributed by atoms with Gasteiger partial charge >= 0.3 is 0 Å². The van der Waals surface area contributed by atoms with Crippen LogP contribution in [0.2, 0.25) is 0 Å². The Kier molecular flexibility index (Phi) is 1.30. The minimum atomic E-state index is -1.22. The summed E-state index contributed by atoms with van der Waals surface area (Å²) in [5.41, 5.74) is 0. The van der Waals surface area contributed by atoms with Gasteiger partial charge in [0.2, 0.25) is 11.3 Å². The molecule has 0 spiro atoms. The van der Waals surface area contributed by atoms with Crippen molar-refractivity contribution >= 4 is 11.3 Å². The fourth-order valence-corrected chi connectivity index (χ4v) is 2.10. The van der Waals surface area contributed by atoms with E-state index in [1.807, 2.05) is 0 Å². The molecule has 2 rings (SSSR count). The molecule has 0 radical (unpaired) electrons. The summed E-state index contributed by atoms with van der Waals surface area (Å²) < 4.78 is 18.4. The van der Waals surface area contributed by atoms with Crippen molar-refractivity contribution in [2.75, 3.05) is 13.1 Å². The molecular weight excluding hydrogens is 140 g/mol. The lowest BCUT2D eigenvalue weighted by molar-refractivity contribution is 0.261. The molecule has 2 N–H and O–H groups in total. The topological polar surface area (TPSA) is 50.4 Å². The number of fused-ring (bicyclic) bond motifs is 1. The Hall–Kier alpha value is 0.0300. The molecule has 5 heteroatoms. The number of hydrogen-bond acceptors (Lipinski definition) is 3. The zero-order chi connectivity index (χ0) is 6.27. The van der Waals surface area contributed by atoms with E-state index in [0.717, 1.165) is 13.1 Å². The second-order valence-electron chi connectivity index (χ2n) is 2.25. The summed E-state index contributed by atoms with van der Waals surface area (Å²) in [6.45, 7) is 1.69. The van der Waals surface area contributed by atoms with Gasteiger partial charge in [-0.05, 0) is 0 Å². The molecule has 2 fully saturated rings. The van der Waals surface area contributed by atoms with Gasteiger partial charge in [-0.2, -0.15) is 0 Å². The molecule has 2 aliphatic rings. The van der Waals surface area contributed by atoms with Crippen molar-refractivity contribution < 1.29 is 8.39 Å². The summed E-state index contributed by atoms with van der Waals surface area (Å²) in [5.74, 6) is 0. The minimum Gasteiger partial charge on any atom is -0.312 e. The van der Waals surface area contributed by atoms with Crippen LogP contribution >= 0.6 is 0 Å². The zero-order valence-electron chi connectivity index (χ0n) is 4.79. The quantitative estimate of drug-likeness (QED) is 0.441. The maximum absolute atomic E-state index is 10.6. The molecule has 2 saturated heterocycles. The molecule has 0 aromatic heterocycles. The molecular formula is C4H8N2O2S. The monoisotopic (exact) mass is 148 g/mol. The van der Waals surface area contributed by atoms with Crippen LogP contribution in [0.1, 0.15) is 0 Å². The molecule has 52 valence electrons. The van der Waals surface area contributed by atoms with Crippen LogP contribution < -0.4 is 10.0 Å². The molecule has 0 amide bonds. The Balaban J connectivity index is 2.09. The van der Waals surface area contributed by atoms with Gasteiger partial charge in [0.15, 0.2) is 0 Å². The van der Waals surface area contributed by atoms with Crippen molar-refractivity contribution in [1.29, 1.82) is 0 Å². The third kappa shape index (κ3) is 0.898. The van der Waals surface area contributed by atoms with Crippen LogP contribution in [-0.2, 0) is 15.4 Å². The van der Waals surface area contributed by atoms with Crippen molar-refractivity contribution in [1.82, 2.24) is 10.0 Å². The van der Waals surface area contributed by atoms with Gasteiger partial charge in [-0.15, -0.1) is 0 Å². The van der Waals surface area contributed by atoms with E-state index < -0.39 is 11.3 Å². The summed E-state index contributed by atoms with van der Waals surface area (Å²) in [4.78, 5) is 0. The van der Waals surface area contributed by atoms with E-state index in [2.05, 4.69) is 10.0 Å². The normalized spacial score (nSPS) is 49.6. The van der Waals surface area contributed by atoms with E-state index in [4.69, 9.17) is 4.18 Å². The van der Waals surface area contributed by atoms with E-state index in [1.54, 1.807) is 0 Å². The molecule has 3 unspecified atom stereocenters. The van der Waals surface area contributed by atoms with Gasteiger partial charge in [0.1, 0.15) is 6.10 Å². The summed E-state index contributed by atoms with van der Waals surface area (Å²) in [5, 5.41) is 3.12. The summed E-state index contributed by atoms with van der Waals surface area (Å²) >= 11 is -1.22. The van der Waals surface area contributed by atoms with Gasteiger partial charge in [-0.1, -0.05) is 0 Å². The van der Waals surface area contributed by atoms with Gasteiger partial charge < -0.3 is 5.32 Å². The van der Waals surface area contributed by atoms with Gasteiger partial charge in [0, 0.05) is 13.1 Å². The van der Waals surface area contributed by atoms with E-state index in [1.165, 1.54) is 0 Å². The summed E-state index contributed by atoms with van der Waals surface area (Å²) in [6, 6.07) is 0.269. The average Bonchev–Trinajstić information content (AvgIpc) is 2.22. The molecule has 9 heavy (non-hydrogen) atoms. The van der Waals surface area contributed by atoms with Crippen LogP contribution in [0.5, 0.6) is 0 Å². The molecule has 0 aliphatic carbocycles. The molecule has 0 aromatic carbocycles. The second kappa shape index (κ2) is 2.02. The van der Waals surface area contributed by atoms with Crippen molar-refractivity contribution in [2.45, 2.75) is 12.1 Å². The SMILES string of the molecule is O=S1NC2CNCC2O1. The van der Waals surface area contributed by atoms with Gasteiger partial charge in [-0.25, -0.2) is 8.93 Å². The molecule has 3 atom stereocenters. The highest BCUT2D eigenvalue weighted by Gasteiger charge is 2.36. The van der Waals surface area contributed by atoms with Crippen molar-refractivity contribution in [3.05, 3.63) is 0 Å². The first-order valence-corrected chi connectivity index (χ1v) is 3.99. The first kappa shape index (κ1) is 5.79. The molecule has 2 heterocycles. The van der Waals surface area contributed by atoms with Gasteiger partial charge in [-0.3, -0.25) is 4.18 Å². The van der Waals surface area contributed by atoms with Crippen LogP contribution in [0, 0.1) is 0 Å². The third-order valence-corrected chi connectivity index (χ3v) is 2.53. The van der Waals surface area contributed by atoms with Gasteiger partial charge in [0.05, 0.1) is 6.04 Å². The summed E-state index contributed by atoms with van der Waals surface area (Å²) in [6.07, 6.45) is 0.130. The smallest absolute Gasteiger partial charge is 0.235 e. The highest BCUT2D eigenvalue weighted by molar-refractivity contribution is 7.78. The Morgan fingerprint density at radius 1 is 1.56 bits per heavy atom. The number of hydrogen-bond donors (Lipinski definition) is 2. The van der Waals surface area contributed by atoms with Crippen molar-refractivity contribution in [2.24, 2.45) is 0 Å². The maximum atomic E-state index is 10.6. The standard InChI is InChI=1S/C4H8N2O2S/c7-9-6-3-1-5-2-4(3)8-9/h3-6H,1-2H2. The first-order valence-electron chi connectivity index (χ1n) is 2.92. The number of nitrogens with one attached hydrogen (secondary N) is 2. The maximum Gasteiger partial charge on any atom is 0.235 e. The highest BCUT2D eigenvalue weighted by atomic mass is 32.2. The van der Waals surface area contributed by atoms with Crippen LogP contribution in [-0.4, -0.2) is 29.4 Å². The third-order valence-electron chi connectivity index (χ3n) is 1.62. The van der Waals surface area contributed by atoms with Crippen molar-refractivity contribution in [3.8, 4) is 0 Å². The van der Waals surface area contributed by atoms with Crippen LogP contribution in [0.4, 0.5) is 0 Å². The fraction of sp³-hybridized carbons (Fsp3) is 1.00.